The highest BCUT2D eigenvalue weighted by molar-refractivity contribution is 5.95. The Kier molecular flexibility index (Phi) is 2.33. The maximum absolute atomic E-state index is 13.5. The highest BCUT2D eigenvalue weighted by atomic mass is 19.1. The molecule has 0 spiro atoms. The molecule has 0 aromatic carbocycles. The summed E-state index contributed by atoms with van der Waals surface area (Å²) in [5.41, 5.74) is 5.36. The third-order valence-corrected chi connectivity index (χ3v) is 2.98. The molecule has 0 bridgehead atoms. The van der Waals surface area contributed by atoms with E-state index in [-0.39, 0.29) is 22.8 Å². The summed E-state index contributed by atoms with van der Waals surface area (Å²) in [5.74, 6) is -1.43. The van der Waals surface area contributed by atoms with Gasteiger partial charge in [-0.15, -0.1) is 0 Å². The molecule has 4 nitrogen and oxygen atoms in total. The van der Waals surface area contributed by atoms with E-state index in [0.717, 1.165) is 6.42 Å². The van der Waals surface area contributed by atoms with Crippen LogP contribution in [0.25, 0.3) is 0 Å². The zero-order valence-corrected chi connectivity index (χ0v) is 9.25. The quantitative estimate of drug-likeness (QED) is 0.794. The van der Waals surface area contributed by atoms with Crippen molar-refractivity contribution in [3.8, 4) is 0 Å². The number of hydrogen-bond donors (Lipinski definition) is 2. The number of aromatic nitrogens is 1. The largest absolute Gasteiger partial charge is 0.381 e. The molecule has 3 N–H and O–H groups in total. The SMILES string of the molecule is CC1(C)CC1NC(=O)c1ccnc(N)c1F. The normalized spacial score (nSPS) is 21.6. The van der Waals surface area contributed by atoms with E-state index in [0.29, 0.717) is 0 Å². The fraction of sp³-hybridized carbons (Fsp3) is 0.455. The third-order valence-electron chi connectivity index (χ3n) is 2.98. The maximum atomic E-state index is 13.5. The monoisotopic (exact) mass is 223 g/mol. The highest BCUT2D eigenvalue weighted by Gasteiger charge is 2.46. The number of rotatable bonds is 2. The van der Waals surface area contributed by atoms with Crippen LogP contribution in [0.4, 0.5) is 10.2 Å². The molecule has 1 fully saturated rings. The van der Waals surface area contributed by atoms with E-state index in [9.17, 15) is 9.18 Å². The van der Waals surface area contributed by atoms with Crippen molar-refractivity contribution in [3.63, 3.8) is 0 Å². The Balaban J connectivity index is 2.13. The van der Waals surface area contributed by atoms with Crippen molar-refractivity contribution >= 4 is 11.7 Å². The smallest absolute Gasteiger partial charge is 0.254 e. The zero-order valence-electron chi connectivity index (χ0n) is 9.25. The van der Waals surface area contributed by atoms with Crippen molar-refractivity contribution in [2.75, 3.05) is 5.73 Å². The van der Waals surface area contributed by atoms with Gasteiger partial charge in [0.2, 0.25) is 0 Å². The minimum Gasteiger partial charge on any atom is -0.381 e. The number of carbonyl (C=O) groups is 1. The molecular formula is C11H14FN3O. The summed E-state index contributed by atoms with van der Waals surface area (Å²) in [7, 11) is 0. The lowest BCUT2D eigenvalue weighted by Crippen LogP contribution is -2.29. The van der Waals surface area contributed by atoms with E-state index in [4.69, 9.17) is 5.73 Å². The van der Waals surface area contributed by atoms with Crippen LogP contribution < -0.4 is 11.1 Å². The van der Waals surface area contributed by atoms with Gasteiger partial charge in [-0.1, -0.05) is 13.8 Å². The van der Waals surface area contributed by atoms with Crippen LogP contribution in [0.2, 0.25) is 0 Å². The number of pyridine rings is 1. The molecule has 1 atom stereocenters. The molecule has 1 aromatic rings. The second-order valence-corrected chi connectivity index (χ2v) is 4.78. The van der Waals surface area contributed by atoms with Crippen molar-refractivity contribution in [3.05, 3.63) is 23.6 Å². The van der Waals surface area contributed by atoms with Crippen LogP contribution in [-0.2, 0) is 0 Å². The predicted octanol–water partition coefficient (Wildman–Crippen LogP) is 1.33. The number of nitrogens with one attached hydrogen (secondary N) is 1. The zero-order chi connectivity index (χ0) is 11.9. The molecule has 1 saturated carbocycles. The van der Waals surface area contributed by atoms with E-state index in [1.165, 1.54) is 12.3 Å². The average Bonchev–Trinajstić information content (AvgIpc) is 2.78. The van der Waals surface area contributed by atoms with Gasteiger partial charge in [0.15, 0.2) is 11.6 Å². The van der Waals surface area contributed by atoms with E-state index in [1.807, 2.05) is 0 Å². The second kappa shape index (κ2) is 3.43. The Labute approximate surface area is 93.1 Å². The fourth-order valence-electron chi connectivity index (χ4n) is 1.58. The summed E-state index contributed by atoms with van der Waals surface area (Å²) in [4.78, 5) is 15.3. The molecule has 1 unspecified atom stereocenters. The minimum atomic E-state index is -0.751. The number of nitrogens with two attached hydrogens (primary N) is 1. The van der Waals surface area contributed by atoms with Crippen LogP contribution in [0.1, 0.15) is 30.6 Å². The third kappa shape index (κ3) is 1.85. The fourth-order valence-corrected chi connectivity index (χ4v) is 1.58. The Hall–Kier alpha value is -1.65. The van der Waals surface area contributed by atoms with Gasteiger partial charge in [0.1, 0.15) is 0 Å². The molecule has 0 radical (unpaired) electrons. The van der Waals surface area contributed by atoms with E-state index in [1.54, 1.807) is 0 Å². The molecule has 1 amide bonds. The first-order valence-corrected chi connectivity index (χ1v) is 5.12. The highest BCUT2D eigenvalue weighted by Crippen LogP contribution is 2.44. The molecule has 1 aliphatic carbocycles. The average molecular weight is 223 g/mol. The van der Waals surface area contributed by atoms with Crippen LogP contribution in [0.3, 0.4) is 0 Å². The molecule has 1 aromatic heterocycles. The van der Waals surface area contributed by atoms with Gasteiger partial charge in [-0.05, 0) is 17.9 Å². The first kappa shape index (κ1) is 10.9. The summed E-state index contributed by atoms with van der Waals surface area (Å²) in [6, 6.07) is 1.45. The number of carbonyl (C=O) groups excluding carboxylic acids is 1. The molecule has 16 heavy (non-hydrogen) atoms. The van der Waals surface area contributed by atoms with Crippen molar-refractivity contribution in [1.29, 1.82) is 0 Å². The molecule has 5 heteroatoms. The van der Waals surface area contributed by atoms with Gasteiger partial charge in [0, 0.05) is 12.2 Å². The van der Waals surface area contributed by atoms with Gasteiger partial charge in [-0.2, -0.15) is 0 Å². The van der Waals surface area contributed by atoms with Crippen molar-refractivity contribution in [2.24, 2.45) is 5.41 Å². The summed E-state index contributed by atoms with van der Waals surface area (Å²) >= 11 is 0. The van der Waals surface area contributed by atoms with Crippen LogP contribution >= 0.6 is 0 Å². The van der Waals surface area contributed by atoms with Crippen LogP contribution in [0, 0.1) is 11.2 Å². The van der Waals surface area contributed by atoms with E-state index < -0.39 is 11.7 Å². The second-order valence-electron chi connectivity index (χ2n) is 4.78. The van der Waals surface area contributed by atoms with Crippen LogP contribution in [0.15, 0.2) is 12.3 Å². The Morgan fingerprint density at radius 3 is 2.88 bits per heavy atom. The Morgan fingerprint density at radius 1 is 1.69 bits per heavy atom. The van der Waals surface area contributed by atoms with Gasteiger partial charge in [0.05, 0.1) is 5.56 Å². The number of amides is 1. The predicted molar refractivity (Wildman–Crippen MR) is 58.3 cm³/mol. The van der Waals surface area contributed by atoms with Crippen molar-refractivity contribution in [1.82, 2.24) is 10.3 Å². The van der Waals surface area contributed by atoms with Gasteiger partial charge in [-0.25, -0.2) is 9.37 Å². The molecule has 0 saturated heterocycles. The summed E-state index contributed by atoms with van der Waals surface area (Å²) < 4.78 is 13.5. The van der Waals surface area contributed by atoms with Crippen molar-refractivity contribution in [2.45, 2.75) is 26.3 Å². The standard InChI is InChI=1S/C11H14FN3O/c1-11(2)5-7(11)15-10(16)6-3-4-14-9(13)8(6)12/h3-4,7H,5H2,1-2H3,(H2,13,14)(H,15,16). The first-order chi connectivity index (χ1) is 7.42. The van der Waals surface area contributed by atoms with Gasteiger partial charge in [-0.3, -0.25) is 4.79 Å². The first-order valence-electron chi connectivity index (χ1n) is 5.12. The van der Waals surface area contributed by atoms with Crippen LogP contribution in [-0.4, -0.2) is 16.9 Å². The van der Waals surface area contributed by atoms with E-state index in [2.05, 4.69) is 24.1 Å². The van der Waals surface area contributed by atoms with Gasteiger partial charge in [0.25, 0.3) is 5.91 Å². The summed E-state index contributed by atoms with van der Waals surface area (Å²) in [6.07, 6.45) is 2.24. The molecule has 1 aliphatic rings. The lowest BCUT2D eigenvalue weighted by molar-refractivity contribution is 0.0942. The summed E-state index contributed by atoms with van der Waals surface area (Å²) in [6.45, 7) is 4.10. The number of halogens is 1. The molecule has 0 aliphatic heterocycles. The maximum Gasteiger partial charge on any atom is 0.254 e. The molecular weight excluding hydrogens is 209 g/mol. The molecule has 86 valence electrons. The summed E-state index contributed by atoms with van der Waals surface area (Å²) in [5, 5.41) is 2.77. The van der Waals surface area contributed by atoms with Crippen molar-refractivity contribution < 1.29 is 9.18 Å². The van der Waals surface area contributed by atoms with Gasteiger partial charge < -0.3 is 11.1 Å². The number of hydrogen-bond acceptors (Lipinski definition) is 3. The Morgan fingerprint density at radius 2 is 2.31 bits per heavy atom. The lowest BCUT2D eigenvalue weighted by atomic mass is 10.2. The van der Waals surface area contributed by atoms with E-state index >= 15 is 0 Å². The topological polar surface area (TPSA) is 68.0 Å². The van der Waals surface area contributed by atoms with Gasteiger partial charge >= 0.3 is 0 Å². The Bertz CT molecular complexity index is 445. The number of nitrogens with zero attached hydrogens (tertiary/aromatic N) is 1. The number of nitrogen functional groups attached to an aromatic ring is 1. The lowest BCUT2D eigenvalue weighted by Gasteiger charge is -2.08. The number of anilines is 1. The molecule has 1 heterocycles. The van der Waals surface area contributed by atoms with Crippen LogP contribution in [0.5, 0.6) is 0 Å². The molecule has 2 rings (SSSR count). The minimum absolute atomic E-state index is 0.0461.